The maximum Gasteiger partial charge on any atom is 0.310 e. The highest BCUT2D eigenvalue weighted by atomic mass is 16.6. The number of esters is 3. The average molecular weight is 1030 g/mol. The van der Waals surface area contributed by atoms with Gasteiger partial charge in [-0.2, -0.15) is 0 Å². The topological polar surface area (TPSA) is 78.9 Å². The van der Waals surface area contributed by atoms with Crippen LogP contribution < -0.4 is 0 Å². The van der Waals surface area contributed by atoms with Crippen LogP contribution in [0.15, 0.2) is 85.1 Å². The van der Waals surface area contributed by atoms with Gasteiger partial charge in [0.1, 0.15) is 13.2 Å². The van der Waals surface area contributed by atoms with Crippen molar-refractivity contribution in [3.63, 3.8) is 0 Å². The Morgan fingerprint density at radius 3 is 0.919 bits per heavy atom. The fourth-order valence-electron chi connectivity index (χ4n) is 8.96. The van der Waals surface area contributed by atoms with Crippen LogP contribution in [0, 0.1) is 0 Å². The first kappa shape index (κ1) is 70.6. The zero-order chi connectivity index (χ0) is 53.6. The Labute approximate surface area is 458 Å². The van der Waals surface area contributed by atoms with Gasteiger partial charge >= 0.3 is 17.9 Å². The summed E-state index contributed by atoms with van der Waals surface area (Å²) in [7, 11) is 0. The van der Waals surface area contributed by atoms with Gasteiger partial charge in [0.25, 0.3) is 0 Å². The van der Waals surface area contributed by atoms with Crippen molar-refractivity contribution in [1.82, 2.24) is 0 Å². The standard InChI is InChI=1S/C68H118O6/c1-4-7-10-13-16-19-22-25-28-29-30-31-32-33-34-35-36-37-38-41-43-46-49-52-55-58-61-67(70)73-64-65(74-68(71)62-59-56-53-50-47-44-40-27-24-21-18-15-12-9-6-3)63-72-66(69)60-57-54-51-48-45-42-39-26-23-20-17-14-11-8-5-2/h9,12,17-18,20-21,26-27,39-40,47,50,56,59,65H,4-8,10-11,13-16,19,22-25,28-38,41-46,48-49,51-55,57-58,60-64H2,1-3H3/b12-9-,20-17-,21-18-,39-26-,40-27-,50-47-,59-56-. The summed E-state index contributed by atoms with van der Waals surface area (Å²) >= 11 is 0. The molecule has 0 rings (SSSR count). The molecule has 6 heteroatoms. The molecule has 0 amide bonds. The van der Waals surface area contributed by atoms with Gasteiger partial charge in [-0.3, -0.25) is 14.4 Å². The molecule has 0 aromatic rings. The zero-order valence-electron chi connectivity index (χ0n) is 48.8. The largest absolute Gasteiger partial charge is 0.462 e. The molecule has 1 atom stereocenters. The fraction of sp³-hybridized carbons (Fsp3) is 0.750. The van der Waals surface area contributed by atoms with Crippen LogP contribution in [-0.2, 0) is 28.6 Å². The van der Waals surface area contributed by atoms with E-state index in [1.807, 2.05) is 6.08 Å². The average Bonchev–Trinajstić information content (AvgIpc) is 3.40. The Morgan fingerprint density at radius 2 is 0.568 bits per heavy atom. The number of hydrogen-bond donors (Lipinski definition) is 0. The lowest BCUT2D eigenvalue weighted by Gasteiger charge is -2.18. The van der Waals surface area contributed by atoms with E-state index in [0.29, 0.717) is 12.8 Å². The van der Waals surface area contributed by atoms with E-state index in [0.717, 1.165) is 96.3 Å². The van der Waals surface area contributed by atoms with E-state index in [2.05, 4.69) is 93.7 Å². The Kier molecular flexibility index (Phi) is 59.3. The van der Waals surface area contributed by atoms with E-state index in [-0.39, 0.29) is 31.6 Å². The number of hydrogen-bond acceptors (Lipinski definition) is 6. The van der Waals surface area contributed by atoms with E-state index < -0.39 is 12.1 Å². The van der Waals surface area contributed by atoms with Crippen molar-refractivity contribution >= 4 is 17.9 Å². The van der Waals surface area contributed by atoms with Crippen molar-refractivity contribution in [2.45, 2.75) is 316 Å². The smallest absolute Gasteiger partial charge is 0.310 e. The lowest BCUT2D eigenvalue weighted by atomic mass is 10.0. The van der Waals surface area contributed by atoms with Crippen molar-refractivity contribution in [1.29, 1.82) is 0 Å². The van der Waals surface area contributed by atoms with Crippen molar-refractivity contribution < 1.29 is 28.6 Å². The highest BCUT2D eigenvalue weighted by Gasteiger charge is 2.19. The summed E-state index contributed by atoms with van der Waals surface area (Å²) in [6.07, 6.45) is 82.0. The zero-order valence-corrected chi connectivity index (χ0v) is 48.8. The van der Waals surface area contributed by atoms with Crippen molar-refractivity contribution in [3.8, 4) is 0 Å². The maximum atomic E-state index is 12.8. The van der Waals surface area contributed by atoms with E-state index in [1.54, 1.807) is 6.08 Å². The summed E-state index contributed by atoms with van der Waals surface area (Å²) in [6.45, 7) is 6.44. The minimum atomic E-state index is -0.836. The van der Waals surface area contributed by atoms with Gasteiger partial charge in [-0.15, -0.1) is 0 Å². The molecule has 0 aliphatic heterocycles. The molecule has 0 aromatic heterocycles. The van der Waals surface area contributed by atoms with Crippen LogP contribution in [0.4, 0.5) is 0 Å². The Bertz CT molecular complexity index is 1420. The van der Waals surface area contributed by atoms with E-state index in [4.69, 9.17) is 14.2 Å². The fourth-order valence-corrected chi connectivity index (χ4v) is 8.96. The normalized spacial score (nSPS) is 12.6. The summed E-state index contributed by atoms with van der Waals surface area (Å²) in [4.78, 5) is 38.2. The van der Waals surface area contributed by atoms with Crippen molar-refractivity contribution in [3.05, 3.63) is 85.1 Å². The molecule has 0 aliphatic rings. The molecule has 0 N–H and O–H groups in total. The molecule has 0 fully saturated rings. The molecular formula is C68H118O6. The first-order chi connectivity index (χ1) is 36.5. The second-order valence-electron chi connectivity index (χ2n) is 21.0. The Hall–Kier alpha value is -3.41. The van der Waals surface area contributed by atoms with Gasteiger partial charge < -0.3 is 14.2 Å². The molecule has 0 bridgehead atoms. The maximum absolute atomic E-state index is 12.8. The monoisotopic (exact) mass is 1030 g/mol. The van der Waals surface area contributed by atoms with Crippen LogP contribution in [-0.4, -0.2) is 37.2 Å². The lowest BCUT2D eigenvalue weighted by Crippen LogP contribution is -2.30. The third-order valence-electron chi connectivity index (χ3n) is 13.7. The van der Waals surface area contributed by atoms with Gasteiger partial charge in [-0.05, 0) is 77.0 Å². The van der Waals surface area contributed by atoms with Crippen LogP contribution in [0.25, 0.3) is 0 Å². The van der Waals surface area contributed by atoms with Crippen LogP contribution in [0.3, 0.4) is 0 Å². The van der Waals surface area contributed by atoms with Crippen LogP contribution >= 0.6 is 0 Å². The number of rotatable bonds is 57. The van der Waals surface area contributed by atoms with Gasteiger partial charge in [0, 0.05) is 12.8 Å². The highest BCUT2D eigenvalue weighted by molar-refractivity contribution is 5.72. The van der Waals surface area contributed by atoms with Gasteiger partial charge in [-0.25, -0.2) is 0 Å². The van der Waals surface area contributed by atoms with E-state index in [1.165, 1.54) is 173 Å². The highest BCUT2D eigenvalue weighted by Crippen LogP contribution is 2.17. The molecule has 0 saturated heterocycles. The lowest BCUT2D eigenvalue weighted by molar-refractivity contribution is -0.166. The second kappa shape index (κ2) is 62.1. The molecule has 0 spiro atoms. The first-order valence-electron chi connectivity index (χ1n) is 31.6. The minimum absolute atomic E-state index is 0.0947. The number of carbonyl (C=O) groups is 3. The van der Waals surface area contributed by atoms with Crippen LogP contribution in [0.2, 0.25) is 0 Å². The van der Waals surface area contributed by atoms with Crippen molar-refractivity contribution in [2.24, 2.45) is 0 Å². The minimum Gasteiger partial charge on any atom is -0.462 e. The molecule has 0 heterocycles. The van der Waals surface area contributed by atoms with Gasteiger partial charge in [0.05, 0.1) is 6.42 Å². The van der Waals surface area contributed by atoms with Gasteiger partial charge in [0.15, 0.2) is 6.10 Å². The molecule has 6 nitrogen and oxygen atoms in total. The van der Waals surface area contributed by atoms with E-state index in [9.17, 15) is 14.4 Å². The van der Waals surface area contributed by atoms with Crippen LogP contribution in [0.1, 0.15) is 310 Å². The molecule has 0 aromatic carbocycles. The summed E-state index contributed by atoms with van der Waals surface area (Å²) < 4.78 is 16.8. The number of allylic oxidation sites excluding steroid dienone is 13. The second-order valence-corrected chi connectivity index (χ2v) is 21.0. The quantitative estimate of drug-likeness (QED) is 0.0261. The predicted molar refractivity (Wildman–Crippen MR) is 321 cm³/mol. The van der Waals surface area contributed by atoms with E-state index >= 15 is 0 Å². The third kappa shape index (κ3) is 59.5. The molecule has 0 radical (unpaired) electrons. The Balaban J connectivity index is 4.33. The molecule has 74 heavy (non-hydrogen) atoms. The number of unbranched alkanes of at least 4 members (excludes halogenated alkanes) is 33. The Morgan fingerprint density at radius 1 is 0.297 bits per heavy atom. The summed E-state index contributed by atoms with van der Waals surface area (Å²) in [5.74, 6) is -1.05. The summed E-state index contributed by atoms with van der Waals surface area (Å²) in [5, 5.41) is 0. The molecule has 0 aliphatic carbocycles. The molecule has 1 unspecified atom stereocenters. The molecule has 0 saturated carbocycles. The molecular weight excluding hydrogens is 913 g/mol. The van der Waals surface area contributed by atoms with Crippen molar-refractivity contribution in [2.75, 3.05) is 13.2 Å². The van der Waals surface area contributed by atoms with Gasteiger partial charge in [0.2, 0.25) is 0 Å². The number of ether oxygens (including phenoxy) is 3. The summed E-state index contributed by atoms with van der Waals surface area (Å²) in [5.41, 5.74) is 0. The third-order valence-corrected chi connectivity index (χ3v) is 13.7. The predicted octanol–water partition coefficient (Wildman–Crippen LogP) is 21.5. The van der Waals surface area contributed by atoms with Gasteiger partial charge in [-0.1, -0.05) is 298 Å². The molecule has 426 valence electrons. The van der Waals surface area contributed by atoms with Crippen LogP contribution in [0.5, 0.6) is 0 Å². The first-order valence-corrected chi connectivity index (χ1v) is 31.6. The number of carbonyl (C=O) groups excluding carboxylic acids is 3. The SMILES string of the molecule is CC/C=C\C/C=C\C/C=C\C/C=C\C/C=C\CC(=O)OC(COC(=O)CCCCCCC/C=C\C/C=C\CCCCC)COC(=O)CCCCCCCCCCCCCCCCCCCCCCCCCCCC. The summed E-state index contributed by atoms with van der Waals surface area (Å²) in [6, 6.07) is 0.